The summed E-state index contributed by atoms with van der Waals surface area (Å²) in [5, 5.41) is 15.1. The van der Waals surface area contributed by atoms with E-state index in [0.717, 1.165) is 32.1 Å². The first-order valence-corrected chi connectivity index (χ1v) is 16.7. The van der Waals surface area contributed by atoms with Crippen molar-refractivity contribution in [2.75, 3.05) is 19.0 Å². The van der Waals surface area contributed by atoms with Gasteiger partial charge in [-0.3, -0.25) is 4.99 Å². The van der Waals surface area contributed by atoms with E-state index in [1.807, 2.05) is 36.0 Å². The van der Waals surface area contributed by atoms with Gasteiger partial charge in [0.25, 0.3) is 0 Å². The molecule has 3 aliphatic rings. The van der Waals surface area contributed by atoms with Crippen molar-refractivity contribution in [2.45, 2.75) is 45.6 Å². The van der Waals surface area contributed by atoms with Crippen LogP contribution in [0, 0.1) is 17.5 Å². The SMILES string of the molecule is C/N=c1\cc2oc3cc4c(cc3c(-c3c(F)c(F)cc(F)c3C(=O)O)c-2cc1-c1sccc1C(C)(C)C)-c1sccc1C(C)(C)N4C. The molecule has 0 amide bonds. The van der Waals surface area contributed by atoms with Gasteiger partial charge in [0, 0.05) is 80.9 Å². The minimum Gasteiger partial charge on any atom is -0.478 e. The molecule has 1 aliphatic carbocycles. The van der Waals surface area contributed by atoms with Gasteiger partial charge in [-0.15, -0.1) is 22.7 Å². The quantitative estimate of drug-likeness (QED) is 0.150. The summed E-state index contributed by atoms with van der Waals surface area (Å²) < 4.78 is 53.1. The van der Waals surface area contributed by atoms with Gasteiger partial charge in [0.05, 0.1) is 10.9 Å². The molecule has 0 radical (unpaired) electrons. The van der Waals surface area contributed by atoms with E-state index >= 15 is 13.2 Å². The van der Waals surface area contributed by atoms with Gasteiger partial charge in [0.15, 0.2) is 11.6 Å². The van der Waals surface area contributed by atoms with E-state index in [0.29, 0.717) is 27.5 Å². The number of rotatable bonds is 3. The molecule has 0 bridgehead atoms. The van der Waals surface area contributed by atoms with Gasteiger partial charge < -0.3 is 14.4 Å². The van der Waals surface area contributed by atoms with Crippen LogP contribution in [0.3, 0.4) is 0 Å². The Morgan fingerprint density at radius 3 is 2.30 bits per heavy atom. The second-order valence-electron chi connectivity index (χ2n) is 13.3. The van der Waals surface area contributed by atoms with Crippen LogP contribution in [-0.4, -0.2) is 25.2 Å². The molecule has 0 unspecified atom stereocenters. The number of nitrogens with zero attached hydrogens (tertiary/aromatic N) is 2. The molecule has 0 fully saturated rings. The average Bonchev–Trinajstić information content (AvgIpc) is 3.71. The molecule has 2 aliphatic heterocycles. The second-order valence-corrected chi connectivity index (χ2v) is 15.2. The molecule has 4 aromatic rings. The van der Waals surface area contributed by atoms with Crippen molar-refractivity contribution in [1.82, 2.24) is 0 Å². The van der Waals surface area contributed by atoms with Gasteiger partial charge in [-0.25, -0.2) is 18.0 Å². The predicted octanol–water partition coefficient (Wildman–Crippen LogP) is 10.3. The summed E-state index contributed by atoms with van der Waals surface area (Å²) in [6.45, 7) is 10.5. The number of halogens is 3. The van der Waals surface area contributed by atoms with Crippen molar-refractivity contribution in [3.05, 3.63) is 92.7 Å². The molecule has 0 saturated carbocycles. The number of hydrogen-bond donors (Lipinski definition) is 1. The molecular formula is C37H31F3N2O3S2. The zero-order chi connectivity index (χ0) is 33.7. The van der Waals surface area contributed by atoms with E-state index < -0.39 is 34.5 Å². The van der Waals surface area contributed by atoms with Crippen LogP contribution in [0.15, 0.2) is 62.6 Å². The van der Waals surface area contributed by atoms with Crippen LogP contribution < -0.4 is 10.3 Å². The Bertz CT molecular complexity index is 2320. The van der Waals surface area contributed by atoms with E-state index in [1.165, 1.54) is 11.3 Å². The Morgan fingerprint density at radius 1 is 0.915 bits per heavy atom. The molecule has 47 heavy (non-hydrogen) atoms. The fraction of sp³-hybridized carbons (Fsp3) is 0.243. The van der Waals surface area contributed by atoms with Crippen LogP contribution in [0.5, 0.6) is 0 Å². The number of fused-ring (bicyclic) bond motifs is 5. The lowest BCUT2D eigenvalue weighted by Crippen LogP contribution is -2.41. The molecular weight excluding hydrogens is 642 g/mol. The summed E-state index contributed by atoms with van der Waals surface area (Å²) >= 11 is 3.07. The number of benzene rings is 3. The number of hydrogen-bond acceptors (Lipinski definition) is 6. The third-order valence-corrected chi connectivity index (χ3v) is 11.2. The molecule has 0 atom stereocenters. The van der Waals surface area contributed by atoms with Crippen LogP contribution in [0.2, 0.25) is 0 Å². The van der Waals surface area contributed by atoms with Gasteiger partial charge in [0.2, 0.25) is 0 Å². The lowest BCUT2D eigenvalue weighted by molar-refractivity contribution is 0.0692. The first-order valence-electron chi connectivity index (χ1n) is 15.0. The Kier molecular flexibility index (Phi) is 7.00. The number of carboxylic acid groups (broad SMARTS) is 1. The molecule has 4 heterocycles. The molecule has 5 nitrogen and oxygen atoms in total. The average molecular weight is 673 g/mol. The smallest absolute Gasteiger partial charge is 0.339 e. The summed E-state index contributed by atoms with van der Waals surface area (Å²) in [6, 6.07) is 11.5. The maximum absolute atomic E-state index is 16.1. The van der Waals surface area contributed by atoms with Crippen molar-refractivity contribution < 1.29 is 27.5 Å². The van der Waals surface area contributed by atoms with Crippen LogP contribution in [0.25, 0.3) is 54.3 Å². The summed E-state index contributed by atoms with van der Waals surface area (Å²) in [6.07, 6.45) is 0. The van der Waals surface area contributed by atoms with Crippen LogP contribution in [0.1, 0.15) is 56.1 Å². The van der Waals surface area contributed by atoms with Crippen LogP contribution >= 0.6 is 22.7 Å². The minimum absolute atomic E-state index is 0.0284. The number of carboxylic acids is 1. The van der Waals surface area contributed by atoms with Crippen LogP contribution in [0.4, 0.5) is 18.9 Å². The number of thiophene rings is 2. The van der Waals surface area contributed by atoms with Gasteiger partial charge in [-0.2, -0.15) is 0 Å². The monoisotopic (exact) mass is 672 g/mol. The lowest BCUT2D eigenvalue weighted by Gasteiger charge is -2.42. The first kappa shape index (κ1) is 31.2. The highest BCUT2D eigenvalue weighted by molar-refractivity contribution is 7.14. The first-order chi connectivity index (χ1) is 22.1. The number of aromatic carboxylic acids is 1. The standard InChI is InChI=1S/C37H31F3N2O3S2/c1-36(2,3)21-8-10-46-33(21)17-12-19-27(15-25(17)41-6)45-28-16-26-18(34-22(9-11-47-34)37(4,5)42(26)7)13-20(28)29(19)31-30(35(43)44)23(38)14-24(39)32(31)40/h8-16H,1-7H3,(H,43,44)/b41-25+. The van der Waals surface area contributed by atoms with Crippen molar-refractivity contribution >= 4 is 45.3 Å². The van der Waals surface area contributed by atoms with Gasteiger partial charge in [0.1, 0.15) is 22.7 Å². The van der Waals surface area contributed by atoms with Crippen molar-refractivity contribution in [2.24, 2.45) is 4.99 Å². The lowest BCUT2D eigenvalue weighted by atomic mass is 9.83. The maximum Gasteiger partial charge on any atom is 0.339 e. The topological polar surface area (TPSA) is 66.0 Å². The van der Waals surface area contributed by atoms with Gasteiger partial charge >= 0.3 is 5.97 Å². The maximum atomic E-state index is 16.1. The summed E-state index contributed by atoms with van der Waals surface area (Å²) in [4.78, 5) is 21.2. The molecule has 2 aromatic heterocycles. The van der Waals surface area contributed by atoms with E-state index in [9.17, 15) is 9.90 Å². The molecule has 240 valence electrons. The molecule has 0 spiro atoms. The Balaban J connectivity index is 1.71. The Hall–Kier alpha value is -4.41. The second kappa shape index (κ2) is 10.6. The van der Waals surface area contributed by atoms with E-state index in [4.69, 9.17) is 4.42 Å². The fourth-order valence-corrected chi connectivity index (χ4v) is 8.89. The van der Waals surface area contributed by atoms with E-state index in [1.54, 1.807) is 30.5 Å². The Morgan fingerprint density at radius 2 is 1.62 bits per heavy atom. The van der Waals surface area contributed by atoms with Crippen molar-refractivity contribution in [3.8, 4) is 43.3 Å². The molecule has 1 N–H and O–H groups in total. The van der Waals surface area contributed by atoms with Gasteiger partial charge in [-0.05, 0) is 65.4 Å². The summed E-state index contributed by atoms with van der Waals surface area (Å²) in [5.74, 6) is -5.77. The van der Waals surface area contributed by atoms with Crippen molar-refractivity contribution in [1.29, 1.82) is 0 Å². The highest BCUT2D eigenvalue weighted by atomic mass is 32.1. The molecule has 10 heteroatoms. The third-order valence-electron chi connectivity index (χ3n) is 9.32. The van der Waals surface area contributed by atoms with Crippen LogP contribution in [-0.2, 0) is 11.0 Å². The number of carbonyl (C=O) groups is 1. The largest absolute Gasteiger partial charge is 0.478 e. The van der Waals surface area contributed by atoms with Gasteiger partial charge in [-0.1, -0.05) is 20.8 Å². The summed E-state index contributed by atoms with van der Waals surface area (Å²) in [7, 11) is 3.64. The predicted molar refractivity (Wildman–Crippen MR) is 183 cm³/mol. The molecule has 7 rings (SSSR count). The molecule has 0 saturated heterocycles. The van der Waals surface area contributed by atoms with E-state index in [2.05, 4.69) is 50.6 Å². The highest BCUT2D eigenvalue weighted by Crippen LogP contribution is 2.53. The highest BCUT2D eigenvalue weighted by Gasteiger charge is 2.38. The fourth-order valence-electron chi connectivity index (χ4n) is 6.69. The normalized spacial score (nSPS) is 14.6. The zero-order valence-electron chi connectivity index (χ0n) is 26.8. The summed E-state index contributed by atoms with van der Waals surface area (Å²) in [5.41, 5.74) is 2.95. The third kappa shape index (κ3) is 4.56. The van der Waals surface area contributed by atoms with Crippen molar-refractivity contribution in [3.63, 3.8) is 0 Å². The Labute approximate surface area is 277 Å². The zero-order valence-corrected chi connectivity index (χ0v) is 28.4. The minimum atomic E-state index is -1.72. The molecule has 2 aromatic carbocycles. The number of anilines is 1. The van der Waals surface area contributed by atoms with E-state index in [-0.39, 0.29) is 28.3 Å².